The second kappa shape index (κ2) is 3.84. The first kappa shape index (κ1) is 11.0. The van der Waals surface area contributed by atoms with Crippen LogP contribution in [0.5, 0.6) is 0 Å². The Hall–Kier alpha value is -1.47. The molecule has 0 aliphatic heterocycles. The van der Waals surface area contributed by atoms with E-state index in [4.69, 9.17) is 0 Å². The second-order valence-corrected chi connectivity index (χ2v) is 5.90. The lowest BCUT2D eigenvalue weighted by atomic mass is 10.2. The molecule has 2 heterocycles. The molecule has 5 nitrogen and oxygen atoms in total. The average Bonchev–Trinajstić information content (AvgIpc) is 2.84. The van der Waals surface area contributed by atoms with Crippen LogP contribution in [0.4, 0.5) is 0 Å². The minimum atomic E-state index is -3.37. The van der Waals surface area contributed by atoms with E-state index >= 15 is 0 Å². The molecule has 0 saturated heterocycles. The quantitative estimate of drug-likeness (QED) is 0.832. The van der Waals surface area contributed by atoms with Crippen LogP contribution in [0, 0.1) is 0 Å². The molecule has 16 heavy (non-hydrogen) atoms. The Kier molecular flexibility index (Phi) is 2.64. The zero-order valence-corrected chi connectivity index (χ0v) is 10.1. The Morgan fingerprint density at radius 2 is 2.31 bits per heavy atom. The van der Waals surface area contributed by atoms with E-state index in [1.165, 1.54) is 17.5 Å². The van der Waals surface area contributed by atoms with Crippen LogP contribution in [0.25, 0.3) is 16.6 Å². The number of rotatable bonds is 3. The summed E-state index contributed by atoms with van der Waals surface area (Å²) in [5.74, 6) is 0. The van der Waals surface area contributed by atoms with Crippen molar-refractivity contribution >= 4 is 27.4 Å². The molecule has 0 aliphatic carbocycles. The highest BCUT2D eigenvalue weighted by Crippen LogP contribution is 2.28. The predicted molar refractivity (Wildman–Crippen MR) is 63.7 cm³/mol. The predicted octanol–water partition coefficient (Wildman–Crippen LogP) is 1.46. The summed E-state index contributed by atoms with van der Waals surface area (Å²) in [6, 6.07) is 1.90. The van der Waals surface area contributed by atoms with Crippen LogP contribution < -0.4 is 0 Å². The Labute approximate surface area is 97.1 Å². The number of aromatic nitrogens is 3. The molecule has 2 rings (SSSR count). The van der Waals surface area contributed by atoms with Crippen molar-refractivity contribution < 1.29 is 8.42 Å². The lowest BCUT2D eigenvalue weighted by molar-refractivity contribution is 0.583. The van der Waals surface area contributed by atoms with Crippen molar-refractivity contribution in [2.75, 3.05) is 6.26 Å². The van der Waals surface area contributed by atoms with E-state index in [9.17, 15) is 8.42 Å². The second-order valence-electron chi connectivity index (χ2n) is 3.15. The fraction of sp³-hybridized carbons (Fsp3) is 0.111. The van der Waals surface area contributed by atoms with Crippen molar-refractivity contribution in [2.45, 2.75) is 0 Å². The molecular formula is C9H9N3O2S2. The minimum Gasteiger partial charge on any atom is -0.205 e. The van der Waals surface area contributed by atoms with Gasteiger partial charge in [0.1, 0.15) is 5.69 Å². The summed E-state index contributed by atoms with van der Waals surface area (Å²) in [7, 11) is -3.37. The zero-order valence-electron chi connectivity index (χ0n) is 8.49. The highest BCUT2D eigenvalue weighted by Gasteiger charge is 2.13. The molecule has 0 aliphatic rings. The summed E-state index contributed by atoms with van der Waals surface area (Å²) in [6.45, 7) is 3.68. The van der Waals surface area contributed by atoms with Crippen molar-refractivity contribution in [3.63, 3.8) is 0 Å². The van der Waals surface area contributed by atoms with E-state index < -0.39 is 10.0 Å². The molecule has 0 unspecified atom stereocenters. The Balaban J connectivity index is 2.51. The summed E-state index contributed by atoms with van der Waals surface area (Å²) in [5, 5.41) is 9.29. The van der Waals surface area contributed by atoms with E-state index in [1.807, 2.05) is 11.4 Å². The molecule has 0 N–H and O–H groups in total. The van der Waals surface area contributed by atoms with Gasteiger partial charge < -0.3 is 0 Å². The normalized spacial score (nSPS) is 11.6. The third-order valence-corrected chi connectivity index (χ3v) is 3.77. The first-order valence-electron chi connectivity index (χ1n) is 4.35. The van der Waals surface area contributed by atoms with Gasteiger partial charge in [-0.2, -0.15) is 0 Å². The maximum absolute atomic E-state index is 11.2. The van der Waals surface area contributed by atoms with Gasteiger partial charge in [0.2, 0.25) is 0 Å². The van der Waals surface area contributed by atoms with Gasteiger partial charge in [-0.1, -0.05) is 17.9 Å². The van der Waals surface area contributed by atoms with Crippen LogP contribution in [-0.4, -0.2) is 29.1 Å². The maximum atomic E-state index is 11.2. The lowest BCUT2D eigenvalue weighted by Gasteiger charge is -1.93. The summed E-state index contributed by atoms with van der Waals surface area (Å²) >= 11 is 1.47. The van der Waals surface area contributed by atoms with Gasteiger partial charge in [0.05, 0.1) is 17.3 Å². The summed E-state index contributed by atoms with van der Waals surface area (Å²) in [5.41, 5.74) is 1.46. The Bertz CT molecular complexity index is 625. The van der Waals surface area contributed by atoms with Crippen molar-refractivity contribution in [1.82, 2.24) is 14.4 Å². The first-order chi connectivity index (χ1) is 7.52. The molecule has 0 atom stereocenters. The van der Waals surface area contributed by atoms with Gasteiger partial charge >= 0.3 is 0 Å². The maximum Gasteiger partial charge on any atom is 0.252 e. The first-order valence-corrected chi connectivity index (χ1v) is 7.08. The molecule has 84 valence electrons. The molecular weight excluding hydrogens is 246 g/mol. The molecule has 0 aromatic carbocycles. The van der Waals surface area contributed by atoms with E-state index in [0.717, 1.165) is 20.8 Å². The monoisotopic (exact) mass is 255 g/mol. The van der Waals surface area contributed by atoms with Crippen LogP contribution in [-0.2, 0) is 10.0 Å². The van der Waals surface area contributed by atoms with Gasteiger partial charge in [0.25, 0.3) is 10.0 Å². The molecule has 0 spiro atoms. The highest BCUT2D eigenvalue weighted by atomic mass is 32.2. The molecule has 0 fully saturated rings. The van der Waals surface area contributed by atoms with Crippen LogP contribution in [0.1, 0.15) is 5.56 Å². The Morgan fingerprint density at radius 3 is 2.88 bits per heavy atom. The van der Waals surface area contributed by atoms with Crippen LogP contribution in [0.3, 0.4) is 0 Å². The van der Waals surface area contributed by atoms with Crippen LogP contribution >= 0.6 is 11.3 Å². The number of nitrogens with zero attached hydrogens (tertiary/aromatic N) is 3. The van der Waals surface area contributed by atoms with Crippen molar-refractivity contribution in [3.05, 3.63) is 29.8 Å². The highest BCUT2D eigenvalue weighted by molar-refractivity contribution is 7.89. The molecule has 0 radical (unpaired) electrons. The van der Waals surface area contributed by atoms with Gasteiger partial charge in [-0.3, -0.25) is 0 Å². The molecule has 2 aromatic rings. The minimum absolute atomic E-state index is 0.537. The van der Waals surface area contributed by atoms with Gasteiger partial charge in [-0.25, -0.2) is 8.42 Å². The van der Waals surface area contributed by atoms with Crippen LogP contribution in [0.2, 0.25) is 0 Å². The lowest BCUT2D eigenvalue weighted by Crippen LogP contribution is -2.10. The summed E-state index contributed by atoms with van der Waals surface area (Å²) < 4.78 is 23.3. The van der Waals surface area contributed by atoms with Gasteiger partial charge in [-0.05, 0) is 17.0 Å². The van der Waals surface area contributed by atoms with Crippen molar-refractivity contribution in [2.24, 2.45) is 0 Å². The largest absolute Gasteiger partial charge is 0.252 e. The van der Waals surface area contributed by atoms with Gasteiger partial charge in [0, 0.05) is 0 Å². The number of thiophene rings is 1. The third kappa shape index (κ3) is 1.91. The molecule has 0 amide bonds. The molecule has 0 bridgehead atoms. The summed E-state index contributed by atoms with van der Waals surface area (Å²) in [4.78, 5) is 0.866. The number of hydrogen-bond donors (Lipinski definition) is 0. The van der Waals surface area contributed by atoms with Crippen molar-refractivity contribution in [3.8, 4) is 10.6 Å². The smallest absolute Gasteiger partial charge is 0.205 e. The average molecular weight is 255 g/mol. The van der Waals surface area contributed by atoms with Crippen molar-refractivity contribution in [1.29, 1.82) is 0 Å². The Morgan fingerprint density at radius 1 is 1.56 bits per heavy atom. The molecule has 0 saturated carbocycles. The number of hydrogen-bond acceptors (Lipinski definition) is 5. The van der Waals surface area contributed by atoms with E-state index in [2.05, 4.69) is 16.9 Å². The SMILES string of the molecule is C=Cc1ccsc1-c1cn(S(C)(=O)=O)nn1. The summed E-state index contributed by atoms with van der Waals surface area (Å²) in [6.07, 6.45) is 4.17. The molecule has 2 aromatic heterocycles. The van der Waals surface area contributed by atoms with Gasteiger partial charge in [-0.15, -0.1) is 20.5 Å². The van der Waals surface area contributed by atoms with E-state index in [1.54, 1.807) is 6.08 Å². The van der Waals surface area contributed by atoms with Gasteiger partial charge in [0.15, 0.2) is 0 Å². The third-order valence-electron chi connectivity index (χ3n) is 1.96. The van der Waals surface area contributed by atoms with Crippen LogP contribution in [0.15, 0.2) is 24.2 Å². The topological polar surface area (TPSA) is 64.8 Å². The van der Waals surface area contributed by atoms with E-state index in [0.29, 0.717) is 5.69 Å². The molecule has 7 heteroatoms. The standard InChI is InChI=1S/C9H9N3O2S2/c1-3-7-4-5-15-9(7)8-6-12(11-10-8)16(2,13)14/h3-6H,1H2,2H3. The fourth-order valence-electron chi connectivity index (χ4n) is 1.20. The van der Waals surface area contributed by atoms with E-state index in [-0.39, 0.29) is 0 Å². The fourth-order valence-corrected chi connectivity index (χ4v) is 2.52. The zero-order chi connectivity index (χ0) is 11.8.